The van der Waals surface area contributed by atoms with Gasteiger partial charge in [-0.1, -0.05) is 18.2 Å². The summed E-state index contributed by atoms with van der Waals surface area (Å²) in [5.41, 5.74) is 2.22. The molecule has 0 spiro atoms. The number of para-hydroxylation sites is 1. The molecule has 6 heteroatoms. The maximum atomic E-state index is 11.8. The lowest BCUT2D eigenvalue weighted by Crippen LogP contribution is -2.38. The van der Waals surface area contributed by atoms with E-state index in [1.807, 2.05) is 39.0 Å². The summed E-state index contributed by atoms with van der Waals surface area (Å²) in [4.78, 5) is 19.7. The number of aryl methyl sites for hydroxylation is 2. The molecule has 2 N–H and O–H groups in total. The molecule has 1 unspecified atom stereocenters. The Bertz CT molecular complexity index is 626. The fourth-order valence-corrected chi connectivity index (χ4v) is 2.11. The molecule has 0 saturated heterocycles. The van der Waals surface area contributed by atoms with Crippen LogP contribution >= 0.6 is 0 Å². The van der Waals surface area contributed by atoms with E-state index in [-0.39, 0.29) is 18.5 Å². The van der Waals surface area contributed by atoms with E-state index in [0.717, 1.165) is 16.9 Å². The van der Waals surface area contributed by atoms with Gasteiger partial charge in [-0.15, -0.1) is 0 Å². The van der Waals surface area contributed by atoms with Crippen LogP contribution in [0.4, 0.5) is 5.82 Å². The number of amides is 1. The quantitative estimate of drug-likeness (QED) is 0.818. The second kappa shape index (κ2) is 8.24. The van der Waals surface area contributed by atoms with Crippen LogP contribution in [0.3, 0.4) is 0 Å². The summed E-state index contributed by atoms with van der Waals surface area (Å²) < 4.78 is 5.86. The van der Waals surface area contributed by atoms with Crippen molar-refractivity contribution in [3.63, 3.8) is 0 Å². The van der Waals surface area contributed by atoms with Gasteiger partial charge in [0.1, 0.15) is 12.4 Å². The average molecular weight is 314 g/mol. The lowest BCUT2D eigenvalue weighted by atomic mass is 10.1. The van der Waals surface area contributed by atoms with Gasteiger partial charge in [0.25, 0.3) is 0 Å². The first-order valence-electron chi connectivity index (χ1n) is 7.54. The predicted octanol–water partition coefficient (Wildman–Crippen LogP) is 2.09. The van der Waals surface area contributed by atoms with Crippen molar-refractivity contribution in [1.82, 2.24) is 15.3 Å². The van der Waals surface area contributed by atoms with Crippen LogP contribution in [0.25, 0.3) is 0 Å². The zero-order valence-corrected chi connectivity index (χ0v) is 13.7. The van der Waals surface area contributed by atoms with E-state index in [2.05, 4.69) is 20.6 Å². The van der Waals surface area contributed by atoms with Crippen molar-refractivity contribution in [1.29, 1.82) is 0 Å². The van der Waals surface area contributed by atoms with E-state index in [9.17, 15) is 4.79 Å². The fraction of sp³-hybridized carbons (Fsp3) is 0.353. The summed E-state index contributed by atoms with van der Waals surface area (Å²) in [6.07, 6.45) is 4.59. The molecule has 1 atom stereocenters. The van der Waals surface area contributed by atoms with Gasteiger partial charge in [0.05, 0.1) is 12.7 Å². The number of benzene rings is 1. The highest BCUT2D eigenvalue weighted by atomic mass is 16.5. The molecule has 1 aromatic heterocycles. The van der Waals surface area contributed by atoms with E-state index in [1.54, 1.807) is 6.20 Å². The van der Waals surface area contributed by atoms with Gasteiger partial charge >= 0.3 is 0 Å². The molecule has 1 aromatic carbocycles. The van der Waals surface area contributed by atoms with Crippen LogP contribution in [0.1, 0.15) is 18.1 Å². The number of nitrogens with zero attached hydrogens (tertiary/aromatic N) is 2. The minimum atomic E-state index is -0.163. The van der Waals surface area contributed by atoms with E-state index < -0.39 is 0 Å². The Morgan fingerprint density at radius 1 is 1.26 bits per heavy atom. The van der Waals surface area contributed by atoms with Crippen LogP contribution in [0.15, 0.2) is 36.8 Å². The van der Waals surface area contributed by atoms with E-state index >= 15 is 0 Å². The van der Waals surface area contributed by atoms with Gasteiger partial charge in [0.2, 0.25) is 5.91 Å². The normalized spacial score (nSPS) is 11.8. The molecular weight excluding hydrogens is 292 g/mol. The third-order valence-electron chi connectivity index (χ3n) is 3.33. The number of hydrogen-bond acceptors (Lipinski definition) is 5. The molecular formula is C17H22N4O2. The van der Waals surface area contributed by atoms with Crippen molar-refractivity contribution >= 4 is 11.7 Å². The Balaban J connectivity index is 1.75. The molecule has 1 amide bonds. The Hall–Kier alpha value is -2.47. The number of carbonyl (C=O) groups is 1. The van der Waals surface area contributed by atoms with Crippen LogP contribution in [-0.2, 0) is 4.79 Å². The number of anilines is 1. The number of ether oxygens (including phenoxy) is 1. The molecule has 1 heterocycles. The Kier molecular flexibility index (Phi) is 6.05. The van der Waals surface area contributed by atoms with Crippen molar-refractivity contribution in [2.45, 2.75) is 26.8 Å². The third-order valence-corrected chi connectivity index (χ3v) is 3.33. The Morgan fingerprint density at radius 3 is 2.65 bits per heavy atom. The predicted molar refractivity (Wildman–Crippen MR) is 89.5 cm³/mol. The van der Waals surface area contributed by atoms with Crippen molar-refractivity contribution in [2.24, 2.45) is 0 Å². The summed E-state index contributed by atoms with van der Waals surface area (Å²) >= 11 is 0. The van der Waals surface area contributed by atoms with Crippen LogP contribution in [0.2, 0.25) is 0 Å². The van der Waals surface area contributed by atoms with Crippen LogP contribution < -0.4 is 15.4 Å². The zero-order valence-electron chi connectivity index (χ0n) is 13.7. The molecule has 0 aliphatic heterocycles. The smallest absolute Gasteiger partial charge is 0.239 e. The maximum absolute atomic E-state index is 11.8. The highest BCUT2D eigenvalue weighted by molar-refractivity contribution is 5.91. The van der Waals surface area contributed by atoms with E-state index in [1.165, 1.54) is 12.4 Å². The lowest BCUT2D eigenvalue weighted by Gasteiger charge is -2.17. The number of rotatable bonds is 7. The second-order valence-corrected chi connectivity index (χ2v) is 5.45. The molecule has 2 aromatic rings. The van der Waals surface area contributed by atoms with Gasteiger partial charge in [0, 0.05) is 18.4 Å². The first-order chi connectivity index (χ1) is 11.1. The summed E-state index contributed by atoms with van der Waals surface area (Å²) in [6.45, 7) is 6.70. The number of nitrogens with one attached hydrogen (secondary N) is 2. The van der Waals surface area contributed by atoms with Crippen molar-refractivity contribution < 1.29 is 9.53 Å². The SMILES string of the molecule is Cc1cccc(C)c1OCC(C)NCC(=O)Nc1cnccn1. The first kappa shape index (κ1) is 16.9. The Labute approximate surface area is 136 Å². The fourth-order valence-electron chi connectivity index (χ4n) is 2.11. The number of carbonyl (C=O) groups excluding carboxylic acids is 1. The lowest BCUT2D eigenvalue weighted by molar-refractivity contribution is -0.115. The molecule has 0 saturated carbocycles. The number of aromatic nitrogens is 2. The summed E-state index contributed by atoms with van der Waals surface area (Å²) in [5.74, 6) is 1.19. The average Bonchev–Trinajstić information content (AvgIpc) is 2.53. The van der Waals surface area contributed by atoms with Gasteiger partial charge in [-0.2, -0.15) is 0 Å². The summed E-state index contributed by atoms with van der Waals surface area (Å²) in [6, 6.07) is 6.10. The van der Waals surface area contributed by atoms with E-state index in [0.29, 0.717) is 12.4 Å². The molecule has 0 aliphatic rings. The van der Waals surface area contributed by atoms with Crippen LogP contribution in [0.5, 0.6) is 5.75 Å². The number of hydrogen-bond donors (Lipinski definition) is 2. The molecule has 6 nitrogen and oxygen atoms in total. The highest BCUT2D eigenvalue weighted by Gasteiger charge is 2.09. The molecule has 23 heavy (non-hydrogen) atoms. The van der Waals surface area contributed by atoms with Gasteiger partial charge in [-0.05, 0) is 31.9 Å². The monoisotopic (exact) mass is 314 g/mol. The molecule has 0 bridgehead atoms. The Morgan fingerprint density at radius 2 is 2.00 bits per heavy atom. The van der Waals surface area contributed by atoms with Gasteiger partial charge < -0.3 is 15.4 Å². The van der Waals surface area contributed by atoms with Gasteiger partial charge in [0.15, 0.2) is 5.82 Å². The van der Waals surface area contributed by atoms with Gasteiger partial charge in [-0.3, -0.25) is 9.78 Å². The molecule has 0 fully saturated rings. The van der Waals surface area contributed by atoms with Crippen LogP contribution in [0, 0.1) is 13.8 Å². The van der Waals surface area contributed by atoms with Crippen LogP contribution in [-0.4, -0.2) is 35.1 Å². The molecule has 122 valence electrons. The van der Waals surface area contributed by atoms with E-state index in [4.69, 9.17) is 4.74 Å². The minimum Gasteiger partial charge on any atom is -0.491 e. The summed E-state index contributed by atoms with van der Waals surface area (Å²) in [7, 11) is 0. The van der Waals surface area contributed by atoms with Crippen molar-refractivity contribution in [3.8, 4) is 5.75 Å². The molecule has 0 radical (unpaired) electrons. The van der Waals surface area contributed by atoms with Crippen molar-refractivity contribution in [2.75, 3.05) is 18.5 Å². The molecule has 0 aliphatic carbocycles. The minimum absolute atomic E-state index is 0.0432. The second-order valence-electron chi connectivity index (χ2n) is 5.45. The standard InChI is InChI=1S/C17H22N4O2/c1-12-5-4-6-13(2)17(12)23-11-14(3)20-10-16(22)21-15-9-18-7-8-19-15/h4-9,14,20H,10-11H2,1-3H3,(H,19,21,22). The largest absolute Gasteiger partial charge is 0.491 e. The topological polar surface area (TPSA) is 76.1 Å². The van der Waals surface area contributed by atoms with Crippen molar-refractivity contribution in [3.05, 3.63) is 47.9 Å². The third kappa shape index (κ3) is 5.34. The van der Waals surface area contributed by atoms with Gasteiger partial charge in [-0.25, -0.2) is 4.98 Å². The molecule has 2 rings (SSSR count). The summed E-state index contributed by atoms with van der Waals surface area (Å²) in [5, 5.41) is 5.80. The zero-order chi connectivity index (χ0) is 16.7. The highest BCUT2D eigenvalue weighted by Crippen LogP contribution is 2.22. The maximum Gasteiger partial charge on any atom is 0.239 e. The first-order valence-corrected chi connectivity index (χ1v) is 7.54.